The van der Waals surface area contributed by atoms with Gasteiger partial charge in [-0.05, 0) is 30.5 Å². The molecule has 0 aromatic heterocycles. The van der Waals surface area contributed by atoms with E-state index in [4.69, 9.17) is 16.7 Å². The molecule has 0 amide bonds. The van der Waals surface area contributed by atoms with Gasteiger partial charge in [0, 0.05) is 11.1 Å². The summed E-state index contributed by atoms with van der Waals surface area (Å²) in [5.41, 5.74) is 0.726. The lowest BCUT2D eigenvalue weighted by Gasteiger charge is -2.26. The number of hydrogen-bond donors (Lipinski definition) is 3. The molecule has 1 aromatic rings. The number of halogens is 1. The quantitative estimate of drug-likeness (QED) is 0.720. The van der Waals surface area contributed by atoms with Crippen LogP contribution >= 0.6 is 11.6 Å². The Balaban J connectivity index is 2.78. The molecule has 3 N–H and O–H groups in total. The number of benzene rings is 1. The van der Waals surface area contributed by atoms with Gasteiger partial charge in [0.2, 0.25) is 0 Å². The summed E-state index contributed by atoms with van der Waals surface area (Å²) in [7, 11) is 0. The van der Waals surface area contributed by atoms with Crippen LogP contribution in [0, 0.1) is 0 Å². The standard InChI is InChI=1S/C14H20ClNO3/c1-3-11(16-12(4-2)14(18)19)13(17)9-5-7-10(15)8-6-9/h5-8,11-13,16-17H,3-4H2,1-2H3,(H,18,19). The van der Waals surface area contributed by atoms with Gasteiger partial charge in [-0.2, -0.15) is 0 Å². The van der Waals surface area contributed by atoms with Crippen LogP contribution in [-0.4, -0.2) is 28.3 Å². The molecule has 0 radical (unpaired) electrons. The molecule has 5 heteroatoms. The van der Waals surface area contributed by atoms with Gasteiger partial charge < -0.3 is 10.2 Å². The van der Waals surface area contributed by atoms with Gasteiger partial charge in [0.25, 0.3) is 0 Å². The zero-order valence-corrected chi connectivity index (χ0v) is 11.9. The van der Waals surface area contributed by atoms with E-state index in [9.17, 15) is 9.90 Å². The summed E-state index contributed by atoms with van der Waals surface area (Å²) in [6.45, 7) is 3.71. The van der Waals surface area contributed by atoms with E-state index in [1.54, 1.807) is 31.2 Å². The van der Waals surface area contributed by atoms with E-state index >= 15 is 0 Å². The van der Waals surface area contributed by atoms with Crippen LogP contribution in [0.3, 0.4) is 0 Å². The molecule has 0 heterocycles. The molecule has 0 spiro atoms. The van der Waals surface area contributed by atoms with Crippen LogP contribution in [0.15, 0.2) is 24.3 Å². The second-order valence-corrected chi connectivity index (χ2v) is 4.91. The first-order valence-corrected chi connectivity index (χ1v) is 6.79. The fraction of sp³-hybridized carbons (Fsp3) is 0.500. The summed E-state index contributed by atoms with van der Waals surface area (Å²) in [5.74, 6) is -0.899. The average Bonchev–Trinajstić information content (AvgIpc) is 2.40. The Morgan fingerprint density at radius 1 is 1.26 bits per heavy atom. The molecule has 0 saturated heterocycles. The zero-order valence-electron chi connectivity index (χ0n) is 11.1. The van der Waals surface area contributed by atoms with Crippen LogP contribution in [0.1, 0.15) is 38.4 Å². The maximum atomic E-state index is 11.0. The smallest absolute Gasteiger partial charge is 0.320 e. The van der Waals surface area contributed by atoms with Gasteiger partial charge in [-0.3, -0.25) is 10.1 Å². The minimum Gasteiger partial charge on any atom is -0.480 e. The van der Waals surface area contributed by atoms with E-state index < -0.39 is 18.1 Å². The third-order valence-electron chi connectivity index (χ3n) is 3.15. The van der Waals surface area contributed by atoms with E-state index in [1.807, 2.05) is 6.92 Å². The maximum Gasteiger partial charge on any atom is 0.320 e. The SMILES string of the molecule is CCC(NC(CC)C(O)c1ccc(Cl)cc1)C(=O)O. The molecule has 4 nitrogen and oxygen atoms in total. The van der Waals surface area contributed by atoms with Crippen LogP contribution in [-0.2, 0) is 4.79 Å². The average molecular weight is 286 g/mol. The van der Waals surface area contributed by atoms with Gasteiger partial charge in [-0.15, -0.1) is 0 Å². The number of aliphatic carboxylic acids is 1. The van der Waals surface area contributed by atoms with Crippen LogP contribution < -0.4 is 5.32 Å². The van der Waals surface area contributed by atoms with Crippen molar-refractivity contribution < 1.29 is 15.0 Å². The Kier molecular flexibility index (Phi) is 6.28. The maximum absolute atomic E-state index is 11.0. The van der Waals surface area contributed by atoms with Gasteiger partial charge in [-0.1, -0.05) is 37.6 Å². The molecule has 0 saturated carbocycles. The Morgan fingerprint density at radius 2 is 1.84 bits per heavy atom. The highest BCUT2D eigenvalue weighted by atomic mass is 35.5. The van der Waals surface area contributed by atoms with Crippen molar-refractivity contribution in [3.63, 3.8) is 0 Å². The lowest BCUT2D eigenvalue weighted by molar-refractivity contribution is -0.140. The van der Waals surface area contributed by atoms with E-state index in [0.29, 0.717) is 17.9 Å². The largest absolute Gasteiger partial charge is 0.480 e. The van der Waals surface area contributed by atoms with Crippen LogP contribution in [0.25, 0.3) is 0 Å². The highest BCUT2D eigenvalue weighted by molar-refractivity contribution is 6.30. The van der Waals surface area contributed by atoms with Crippen LogP contribution in [0.2, 0.25) is 5.02 Å². The number of carbonyl (C=O) groups is 1. The van der Waals surface area contributed by atoms with Gasteiger partial charge in [0.05, 0.1) is 6.10 Å². The van der Waals surface area contributed by atoms with E-state index in [0.717, 1.165) is 5.56 Å². The van der Waals surface area contributed by atoms with Crippen molar-refractivity contribution >= 4 is 17.6 Å². The summed E-state index contributed by atoms with van der Waals surface area (Å²) in [5, 5.41) is 22.9. The van der Waals surface area contributed by atoms with E-state index in [1.165, 1.54) is 0 Å². The van der Waals surface area contributed by atoms with Crippen LogP contribution in [0.5, 0.6) is 0 Å². The van der Waals surface area contributed by atoms with Crippen molar-refractivity contribution in [3.05, 3.63) is 34.9 Å². The van der Waals surface area contributed by atoms with Crippen molar-refractivity contribution in [2.75, 3.05) is 0 Å². The molecule has 1 rings (SSSR count). The first-order valence-electron chi connectivity index (χ1n) is 6.42. The molecule has 3 unspecified atom stereocenters. The Hall–Kier alpha value is -1.10. The van der Waals surface area contributed by atoms with Gasteiger partial charge in [0.1, 0.15) is 6.04 Å². The number of carboxylic acid groups (broad SMARTS) is 1. The predicted octanol–water partition coefficient (Wildman–Crippen LogP) is 2.60. The first kappa shape index (κ1) is 16.0. The van der Waals surface area contributed by atoms with Crippen molar-refractivity contribution in [2.45, 2.75) is 44.9 Å². The Morgan fingerprint density at radius 3 is 2.26 bits per heavy atom. The predicted molar refractivity (Wildman–Crippen MR) is 75.3 cm³/mol. The van der Waals surface area contributed by atoms with Gasteiger partial charge >= 0.3 is 5.97 Å². The van der Waals surface area contributed by atoms with Crippen molar-refractivity contribution in [1.82, 2.24) is 5.32 Å². The lowest BCUT2D eigenvalue weighted by atomic mass is 9.99. The molecule has 0 aliphatic heterocycles. The number of aliphatic hydroxyl groups excluding tert-OH is 1. The number of aliphatic hydroxyl groups is 1. The first-order chi connectivity index (χ1) is 8.99. The molecule has 0 aliphatic carbocycles. The monoisotopic (exact) mass is 285 g/mol. The second kappa shape index (κ2) is 7.48. The highest BCUT2D eigenvalue weighted by Gasteiger charge is 2.24. The van der Waals surface area contributed by atoms with Crippen molar-refractivity contribution in [3.8, 4) is 0 Å². The molecule has 19 heavy (non-hydrogen) atoms. The summed E-state index contributed by atoms with van der Waals surface area (Å²) in [6, 6.07) is 5.97. The normalized spacial score (nSPS) is 15.8. The fourth-order valence-electron chi connectivity index (χ4n) is 1.95. The number of carboxylic acids is 1. The zero-order chi connectivity index (χ0) is 14.4. The molecular formula is C14H20ClNO3. The molecule has 0 aliphatic rings. The Labute approximate surface area is 118 Å². The minimum atomic E-state index is -0.899. The molecule has 0 fully saturated rings. The molecule has 3 atom stereocenters. The minimum absolute atomic E-state index is 0.303. The van der Waals surface area contributed by atoms with Gasteiger partial charge in [0.15, 0.2) is 0 Å². The highest BCUT2D eigenvalue weighted by Crippen LogP contribution is 2.21. The molecular weight excluding hydrogens is 266 g/mol. The Bertz CT molecular complexity index is 408. The third-order valence-corrected chi connectivity index (χ3v) is 3.41. The fourth-order valence-corrected chi connectivity index (χ4v) is 2.07. The topological polar surface area (TPSA) is 69.6 Å². The summed E-state index contributed by atoms with van der Waals surface area (Å²) < 4.78 is 0. The third kappa shape index (κ3) is 4.49. The number of hydrogen-bond acceptors (Lipinski definition) is 3. The summed E-state index contributed by atoms with van der Waals surface area (Å²) in [6.07, 6.45) is 0.350. The van der Waals surface area contributed by atoms with E-state index in [-0.39, 0.29) is 6.04 Å². The van der Waals surface area contributed by atoms with Crippen molar-refractivity contribution in [2.24, 2.45) is 0 Å². The van der Waals surface area contributed by atoms with E-state index in [2.05, 4.69) is 5.32 Å². The summed E-state index contributed by atoms with van der Waals surface area (Å²) >= 11 is 5.80. The number of rotatable bonds is 7. The number of nitrogens with one attached hydrogen (secondary N) is 1. The van der Waals surface area contributed by atoms with Crippen molar-refractivity contribution in [1.29, 1.82) is 0 Å². The lowest BCUT2D eigenvalue weighted by Crippen LogP contribution is -2.45. The molecule has 0 bridgehead atoms. The van der Waals surface area contributed by atoms with Crippen LogP contribution in [0.4, 0.5) is 0 Å². The summed E-state index contributed by atoms with van der Waals surface area (Å²) in [4.78, 5) is 11.0. The molecule has 106 valence electrons. The second-order valence-electron chi connectivity index (χ2n) is 4.48. The molecule has 1 aromatic carbocycles. The van der Waals surface area contributed by atoms with Gasteiger partial charge in [-0.25, -0.2) is 0 Å².